The predicted octanol–water partition coefficient (Wildman–Crippen LogP) is 2.14. The van der Waals surface area contributed by atoms with Gasteiger partial charge >= 0.3 is 5.97 Å². The second-order valence-corrected chi connectivity index (χ2v) is 6.01. The first-order valence-electron chi connectivity index (χ1n) is 6.98. The van der Waals surface area contributed by atoms with Crippen LogP contribution in [0.25, 0.3) is 0 Å². The zero-order valence-corrected chi connectivity index (χ0v) is 13.8. The van der Waals surface area contributed by atoms with Crippen LogP contribution in [0.5, 0.6) is 0 Å². The summed E-state index contributed by atoms with van der Waals surface area (Å²) >= 11 is 1.62. The monoisotopic (exact) mass is 299 g/mol. The van der Waals surface area contributed by atoms with Gasteiger partial charge in [0.1, 0.15) is 5.54 Å². The van der Waals surface area contributed by atoms with E-state index in [1.165, 1.54) is 0 Å². The molecule has 1 aromatic rings. The minimum absolute atomic E-state index is 0.195. The highest BCUT2D eigenvalue weighted by Gasteiger charge is 2.34. The van der Waals surface area contributed by atoms with Crippen LogP contribution < -0.4 is 5.32 Å². The van der Waals surface area contributed by atoms with Gasteiger partial charge in [-0.25, -0.2) is 0 Å². The van der Waals surface area contributed by atoms with Crippen LogP contribution in [0.15, 0.2) is 11.1 Å². The molecule has 6 heteroatoms. The molecule has 5 nitrogen and oxygen atoms in total. The van der Waals surface area contributed by atoms with Gasteiger partial charge < -0.3 is 10.1 Å². The molecule has 0 saturated heterocycles. The Labute approximate surface area is 125 Å². The molecule has 0 radical (unpaired) electrons. The summed E-state index contributed by atoms with van der Waals surface area (Å²) in [6, 6.07) is 2.02. The number of carbonyl (C=O) groups is 1. The van der Waals surface area contributed by atoms with E-state index in [1.807, 2.05) is 38.6 Å². The van der Waals surface area contributed by atoms with Crippen molar-refractivity contribution in [2.75, 3.05) is 18.9 Å². The van der Waals surface area contributed by atoms with Crippen molar-refractivity contribution in [1.29, 1.82) is 0 Å². The average Bonchev–Trinajstić information content (AvgIpc) is 2.72. The van der Waals surface area contributed by atoms with Gasteiger partial charge in [0, 0.05) is 12.8 Å². The molecule has 1 N–H and O–H groups in total. The van der Waals surface area contributed by atoms with Crippen LogP contribution in [0.4, 0.5) is 0 Å². The third-order valence-corrected chi connectivity index (χ3v) is 4.36. The SMILES string of the molecule is CCCNC(C)(CSc1cc(C)nn1C)C(=O)OCC. The minimum atomic E-state index is -0.672. The Morgan fingerprint density at radius 1 is 1.55 bits per heavy atom. The number of rotatable bonds is 8. The average molecular weight is 299 g/mol. The van der Waals surface area contributed by atoms with Gasteiger partial charge in [-0.05, 0) is 39.8 Å². The molecule has 0 aromatic carbocycles. The van der Waals surface area contributed by atoms with Crippen LogP contribution in [0.1, 0.15) is 32.9 Å². The Bertz CT molecular complexity index is 448. The molecule has 0 bridgehead atoms. The number of esters is 1. The lowest BCUT2D eigenvalue weighted by atomic mass is 10.1. The van der Waals surface area contributed by atoms with Gasteiger partial charge in [-0.1, -0.05) is 6.92 Å². The Balaban J connectivity index is 2.73. The van der Waals surface area contributed by atoms with Gasteiger partial charge in [-0.15, -0.1) is 11.8 Å². The number of hydrogen-bond acceptors (Lipinski definition) is 5. The quantitative estimate of drug-likeness (QED) is 0.589. The van der Waals surface area contributed by atoms with Crippen molar-refractivity contribution < 1.29 is 9.53 Å². The topological polar surface area (TPSA) is 56.2 Å². The summed E-state index contributed by atoms with van der Waals surface area (Å²) in [5.74, 6) is 0.421. The molecular weight excluding hydrogens is 274 g/mol. The molecule has 0 aliphatic carbocycles. The normalized spacial score (nSPS) is 14.1. The molecule has 20 heavy (non-hydrogen) atoms. The highest BCUT2D eigenvalue weighted by atomic mass is 32.2. The van der Waals surface area contributed by atoms with E-state index in [0.29, 0.717) is 12.4 Å². The van der Waals surface area contributed by atoms with E-state index in [1.54, 1.807) is 11.8 Å². The smallest absolute Gasteiger partial charge is 0.326 e. The van der Waals surface area contributed by atoms with E-state index < -0.39 is 5.54 Å². The van der Waals surface area contributed by atoms with Crippen molar-refractivity contribution >= 4 is 17.7 Å². The summed E-state index contributed by atoms with van der Waals surface area (Å²) in [5.41, 5.74) is 0.309. The summed E-state index contributed by atoms with van der Waals surface area (Å²) in [6.45, 7) is 8.96. The largest absolute Gasteiger partial charge is 0.465 e. The Morgan fingerprint density at radius 3 is 2.75 bits per heavy atom. The van der Waals surface area contributed by atoms with Gasteiger partial charge in [0.05, 0.1) is 17.3 Å². The second kappa shape index (κ2) is 7.69. The lowest BCUT2D eigenvalue weighted by Gasteiger charge is -2.28. The molecular formula is C14H25N3O2S. The van der Waals surface area contributed by atoms with Gasteiger partial charge in [-0.2, -0.15) is 5.10 Å². The maximum atomic E-state index is 12.2. The van der Waals surface area contributed by atoms with Crippen molar-refractivity contribution in [3.05, 3.63) is 11.8 Å². The molecule has 1 heterocycles. The van der Waals surface area contributed by atoms with E-state index in [-0.39, 0.29) is 5.97 Å². The molecule has 1 rings (SSSR count). The van der Waals surface area contributed by atoms with E-state index >= 15 is 0 Å². The predicted molar refractivity (Wildman–Crippen MR) is 82.0 cm³/mol. The molecule has 0 aliphatic rings. The third kappa shape index (κ3) is 4.52. The fourth-order valence-corrected chi connectivity index (χ4v) is 2.95. The molecule has 0 fully saturated rings. The lowest BCUT2D eigenvalue weighted by molar-refractivity contribution is -0.149. The van der Waals surface area contributed by atoms with Crippen LogP contribution in [-0.4, -0.2) is 40.2 Å². The van der Waals surface area contributed by atoms with Crippen molar-refractivity contribution in [1.82, 2.24) is 15.1 Å². The standard InChI is InChI=1S/C14H25N3O2S/c1-6-8-15-14(4,13(18)19-7-2)10-20-12-9-11(3)16-17(12)5/h9,15H,6-8,10H2,1-5H3. The van der Waals surface area contributed by atoms with Gasteiger partial charge in [0.2, 0.25) is 0 Å². The molecule has 0 saturated carbocycles. The lowest BCUT2D eigenvalue weighted by Crippen LogP contribution is -2.52. The molecule has 114 valence electrons. The fourth-order valence-electron chi connectivity index (χ4n) is 1.81. The molecule has 1 unspecified atom stereocenters. The first-order valence-corrected chi connectivity index (χ1v) is 7.97. The molecule has 0 amide bonds. The van der Waals surface area contributed by atoms with Crippen LogP contribution in [0.3, 0.4) is 0 Å². The van der Waals surface area contributed by atoms with Gasteiger partial charge in [0.25, 0.3) is 0 Å². The van der Waals surface area contributed by atoms with Crippen molar-refractivity contribution in [2.45, 2.75) is 44.7 Å². The maximum Gasteiger partial charge on any atom is 0.326 e. The van der Waals surface area contributed by atoms with Crippen molar-refractivity contribution in [3.63, 3.8) is 0 Å². The number of carbonyl (C=O) groups excluding carboxylic acids is 1. The van der Waals surface area contributed by atoms with Crippen molar-refractivity contribution in [3.8, 4) is 0 Å². The molecule has 1 atom stereocenters. The van der Waals surface area contributed by atoms with E-state index in [2.05, 4.69) is 17.3 Å². The first kappa shape index (κ1) is 17.0. The zero-order chi connectivity index (χ0) is 15.2. The van der Waals surface area contributed by atoms with Crippen LogP contribution >= 0.6 is 11.8 Å². The van der Waals surface area contributed by atoms with E-state index in [4.69, 9.17) is 4.74 Å². The third-order valence-electron chi connectivity index (χ3n) is 2.96. The van der Waals surface area contributed by atoms with Crippen LogP contribution in [0.2, 0.25) is 0 Å². The van der Waals surface area contributed by atoms with Crippen LogP contribution in [-0.2, 0) is 16.6 Å². The number of nitrogens with zero attached hydrogens (tertiary/aromatic N) is 2. The van der Waals surface area contributed by atoms with Gasteiger partial charge in [0.15, 0.2) is 0 Å². The highest BCUT2D eigenvalue weighted by molar-refractivity contribution is 7.99. The number of ether oxygens (including phenoxy) is 1. The molecule has 0 spiro atoms. The van der Waals surface area contributed by atoms with Crippen LogP contribution in [0, 0.1) is 6.92 Å². The van der Waals surface area contributed by atoms with Crippen molar-refractivity contribution in [2.24, 2.45) is 7.05 Å². The summed E-state index contributed by atoms with van der Waals surface area (Å²) in [4.78, 5) is 12.2. The minimum Gasteiger partial charge on any atom is -0.465 e. The Morgan fingerprint density at radius 2 is 2.25 bits per heavy atom. The number of aromatic nitrogens is 2. The summed E-state index contributed by atoms with van der Waals surface area (Å²) in [6.07, 6.45) is 0.977. The van der Waals surface area contributed by atoms with E-state index in [9.17, 15) is 4.79 Å². The zero-order valence-electron chi connectivity index (χ0n) is 13.0. The number of hydrogen-bond donors (Lipinski definition) is 1. The van der Waals surface area contributed by atoms with E-state index in [0.717, 1.165) is 23.7 Å². The highest BCUT2D eigenvalue weighted by Crippen LogP contribution is 2.24. The number of nitrogens with one attached hydrogen (secondary N) is 1. The fraction of sp³-hybridized carbons (Fsp3) is 0.714. The molecule has 0 aliphatic heterocycles. The number of aryl methyl sites for hydroxylation is 2. The second-order valence-electron chi connectivity index (χ2n) is 5.02. The number of thioether (sulfide) groups is 1. The summed E-state index contributed by atoms with van der Waals surface area (Å²) in [5, 5.41) is 8.67. The summed E-state index contributed by atoms with van der Waals surface area (Å²) < 4.78 is 7.03. The maximum absolute atomic E-state index is 12.2. The van der Waals surface area contributed by atoms with Gasteiger partial charge in [-0.3, -0.25) is 9.48 Å². The Hall–Kier alpha value is -1.01. The Kier molecular flexibility index (Phi) is 6.55. The molecule has 1 aromatic heterocycles. The first-order chi connectivity index (χ1) is 9.42. The summed E-state index contributed by atoms with van der Waals surface area (Å²) in [7, 11) is 1.91.